The third-order valence-corrected chi connectivity index (χ3v) is 4.67. The molecule has 6 heteroatoms. The molecule has 0 aliphatic carbocycles. The van der Waals surface area contributed by atoms with Crippen molar-refractivity contribution in [2.75, 3.05) is 18.1 Å². The van der Waals surface area contributed by atoms with Gasteiger partial charge in [-0.1, -0.05) is 20.8 Å². The summed E-state index contributed by atoms with van der Waals surface area (Å²) in [5.41, 5.74) is 1.12. The van der Waals surface area contributed by atoms with E-state index in [-0.39, 0.29) is 11.5 Å². The summed E-state index contributed by atoms with van der Waals surface area (Å²) in [6.07, 6.45) is 4.74. The van der Waals surface area contributed by atoms with Crippen LogP contribution in [0, 0.1) is 0 Å². The molecule has 0 aliphatic heterocycles. The van der Waals surface area contributed by atoms with Crippen LogP contribution in [-0.4, -0.2) is 36.2 Å². The number of sulfone groups is 1. The Kier molecular flexibility index (Phi) is 5.81. The van der Waals surface area contributed by atoms with Crippen molar-refractivity contribution in [2.24, 2.45) is 0 Å². The molecule has 0 aromatic carbocycles. The molecule has 18 heavy (non-hydrogen) atoms. The molecule has 104 valence electrons. The molecule has 1 aromatic heterocycles. The van der Waals surface area contributed by atoms with Gasteiger partial charge < -0.3 is 5.32 Å². The van der Waals surface area contributed by atoms with Crippen molar-refractivity contribution >= 4 is 9.84 Å². The molecule has 1 rings (SSSR count). The summed E-state index contributed by atoms with van der Waals surface area (Å²) in [4.78, 5) is 0. The van der Waals surface area contributed by atoms with Crippen LogP contribution < -0.4 is 5.32 Å². The number of rotatable bonds is 8. The van der Waals surface area contributed by atoms with E-state index in [1.165, 1.54) is 0 Å². The van der Waals surface area contributed by atoms with E-state index < -0.39 is 9.84 Å². The van der Waals surface area contributed by atoms with Crippen molar-refractivity contribution in [1.82, 2.24) is 15.1 Å². The summed E-state index contributed by atoms with van der Waals surface area (Å²) in [6.45, 7) is 7.20. The largest absolute Gasteiger partial charge is 0.310 e. The zero-order chi connectivity index (χ0) is 13.6. The summed E-state index contributed by atoms with van der Waals surface area (Å²) in [7, 11) is -2.92. The molecule has 1 aromatic rings. The number of nitrogens with zero attached hydrogens (tertiary/aromatic N) is 2. The maximum absolute atomic E-state index is 11.4. The lowest BCUT2D eigenvalue weighted by molar-refractivity contribution is 0.536. The molecular weight excluding hydrogens is 250 g/mol. The first kappa shape index (κ1) is 15.2. The Morgan fingerprint density at radius 3 is 2.67 bits per heavy atom. The molecule has 1 heterocycles. The fourth-order valence-corrected chi connectivity index (χ4v) is 2.56. The summed E-state index contributed by atoms with van der Waals surface area (Å²) in [5, 5.41) is 7.59. The topological polar surface area (TPSA) is 64.0 Å². The van der Waals surface area contributed by atoms with Crippen molar-refractivity contribution in [1.29, 1.82) is 0 Å². The van der Waals surface area contributed by atoms with Crippen LogP contribution in [0.5, 0.6) is 0 Å². The molecule has 0 fully saturated rings. The molecule has 0 spiro atoms. The van der Waals surface area contributed by atoms with Gasteiger partial charge in [0, 0.05) is 23.6 Å². The molecule has 1 atom stereocenters. The quantitative estimate of drug-likeness (QED) is 0.777. The third kappa shape index (κ3) is 4.42. The zero-order valence-corrected chi connectivity index (χ0v) is 12.2. The summed E-state index contributed by atoms with van der Waals surface area (Å²) >= 11 is 0. The minimum Gasteiger partial charge on any atom is -0.310 e. The average Bonchev–Trinajstić information content (AvgIpc) is 2.82. The molecule has 1 N–H and O–H groups in total. The predicted octanol–water partition coefficient (Wildman–Crippen LogP) is 1.38. The molecule has 5 nitrogen and oxygen atoms in total. The normalized spacial score (nSPS) is 13.7. The second-order valence-corrected chi connectivity index (χ2v) is 6.76. The van der Waals surface area contributed by atoms with Gasteiger partial charge in [-0.05, 0) is 13.0 Å². The van der Waals surface area contributed by atoms with Crippen molar-refractivity contribution in [3.63, 3.8) is 0 Å². The second kappa shape index (κ2) is 6.89. The van der Waals surface area contributed by atoms with E-state index in [0.717, 1.165) is 18.5 Å². The summed E-state index contributed by atoms with van der Waals surface area (Å²) < 4.78 is 24.5. The van der Waals surface area contributed by atoms with Gasteiger partial charge in [-0.15, -0.1) is 0 Å². The minimum atomic E-state index is -2.92. The van der Waals surface area contributed by atoms with E-state index in [0.29, 0.717) is 12.6 Å². The van der Waals surface area contributed by atoms with Crippen molar-refractivity contribution < 1.29 is 8.42 Å². The molecule has 0 bridgehead atoms. The van der Waals surface area contributed by atoms with Crippen LogP contribution in [0.2, 0.25) is 0 Å². The Bertz CT molecular complexity index is 454. The fourth-order valence-electron chi connectivity index (χ4n) is 1.80. The van der Waals surface area contributed by atoms with Gasteiger partial charge in [0.25, 0.3) is 0 Å². The highest BCUT2D eigenvalue weighted by molar-refractivity contribution is 7.91. The van der Waals surface area contributed by atoms with Gasteiger partial charge in [-0.25, -0.2) is 8.42 Å². The van der Waals surface area contributed by atoms with E-state index in [2.05, 4.69) is 24.3 Å². The maximum Gasteiger partial charge on any atom is 0.151 e. The molecule has 0 saturated carbocycles. The Balaban J connectivity index is 2.63. The van der Waals surface area contributed by atoms with Gasteiger partial charge in [0.05, 0.1) is 18.5 Å². The van der Waals surface area contributed by atoms with Crippen molar-refractivity contribution in [2.45, 2.75) is 39.8 Å². The Labute approximate surface area is 109 Å². The number of hydrogen-bond acceptors (Lipinski definition) is 4. The lowest BCUT2D eigenvalue weighted by Crippen LogP contribution is -2.19. The maximum atomic E-state index is 11.4. The highest BCUT2D eigenvalue weighted by Crippen LogP contribution is 2.15. The minimum absolute atomic E-state index is 0.155. The SMILES string of the molecule is CCNC(CC)c1cnn(CCS(=O)(=O)CC)c1. The molecule has 1 unspecified atom stereocenters. The van der Waals surface area contributed by atoms with E-state index in [9.17, 15) is 8.42 Å². The zero-order valence-electron chi connectivity index (χ0n) is 11.4. The Morgan fingerprint density at radius 1 is 1.39 bits per heavy atom. The molecule has 0 amide bonds. The first-order chi connectivity index (χ1) is 8.52. The molecule has 0 radical (unpaired) electrons. The van der Waals surface area contributed by atoms with Gasteiger partial charge in [0.1, 0.15) is 0 Å². The lowest BCUT2D eigenvalue weighted by atomic mass is 10.1. The van der Waals surface area contributed by atoms with Crippen LogP contribution in [0.25, 0.3) is 0 Å². The number of hydrogen-bond donors (Lipinski definition) is 1. The Hall–Kier alpha value is -0.880. The van der Waals surface area contributed by atoms with E-state index in [1.54, 1.807) is 11.6 Å². The number of aryl methyl sites for hydroxylation is 1. The molecule has 0 saturated heterocycles. The van der Waals surface area contributed by atoms with Crippen LogP contribution in [0.4, 0.5) is 0 Å². The smallest absolute Gasteiger partial charge is 0.151 e. The highest BCUT2D eigenvalue weighted by Gasteiger charge is 2.12. The van der Waals surface area contributed by atoms with Gasteiger partial charge >= 0.3 is 0 Å². The molecular formula is C12H23N3O2S. The van der Waals surface area contributed by atoms with E-state index in [1.807, 2.05) is 12.4 Å². The van der Waals surface area contributed by atoms with Gasteiger partial charge in [0.2, 0.25) is 0 Å². The average molecular weight is 273 g/mol. The first-order valence-corrected chi connectivity index (χ1v) is 8.30. The lowest BCUT2D eigenvalue weighted by Gasteiger charge is -2.13. The number of nitrogens with one attached hydrogen (secondary N) is 1. The van der Waals surface area contributed by atoms with Gasteiger partial charge in [0.15, 0.2) is 9.84 Å². The fraction of sp³-hybridized carbons (Fsp3) is 0.750. The van der Waals surface area contributed by atoms with Crippen LogP contribution >= 0.6 is 0 Å². The van der Waals surface area contributed by atoms with Crippen LogP contribution in [0.3, 0.4) is 0 Å². The van der Waals surface area contributed by atoms with Gasteiger partial charge in [-0.2, -0.15) is 5.10 Å². The number of aromatic nitrogens is 2. The van der Waals surface area contributed by atoms with Crippen molar-refractivity contribution in [3.8, 4) is 0 Å². The van der Waals surface area contributed by atoms with E-state index in [4.69, 9.17) is 0 Å². The summed E-state index contributed by atoms with van der Waals surface area (Å²) in [5.74, 6) is 0.346. The van der Waals surface area contributed by atoms with Crippen molar-refractivity contribution in [3.05, 3.63) is 18.0 Å². The third-order valence-electron chi connectivity index (χ3n) is 2.99. The van der Waals surface area contributed by atoms with Crippen LogP contribution in [-0.2, 0) is 16.4 Å². The Morgan fingerprint density at radius 2 is 2.11 bits per heavy atom. The standard InChI is InChI=1S/C12H23N3O2S/c1-4-12(13-5-2)11-9-14-15(10-11)7-8-18(16,17)6-3/h9-10,12-13H,4-8H2,1-3H3. The van der Waals surface area contributed by atoms with Crippen LogP contribution in [0.15, 0.2) is 12.4 Å². The monoisotopic (exact) mass is 273 g/mol. The highest BCUT2D eigenvalue weighted by atomic mass is 32.2. The predicted molar refractivity (Wildman–Crippen MR) is 73.3 cm³/mol. The molecule has 0 aliphatic rings. The summed E-state index contributed by atoms with van der Waals surface area (Å²) in [6, 6.07) is 0.298. The second-order valence-electron chi connectivity index (χ2n) is 4.29. The van der Waals surface area contributed by atoms with Crippen LogP contribution in [0.1, 0.15) is 38.8 Å². The first-order valence-electron chi connectivity index (χ1n) is 6.48. The van der Waals surface area contributed by atoms with Gasteiger partial charge in [-0.3, -0.25) is 4.68 Å². The van der Waals surface area contributed by atoms with E-state index >= 15 is 0 Å².